The third kappa shape index (κ3) is 2.88. The number of nitrogens with zero attached hydrogens (tertiary/aromatic N) is 2. The number of anilines is 2. The van der Waals surface area contributed by atoms with Gasteiger partial charge >= 0.3 is 0 Å². The number of hydrogen-bond acceptors (Lipinski definition) is 4. The van der Waals surface area contributed by atoms with Gasteiger partial charge in [-0.25, -0.2) is 0 Å². The molecule has 0 atom stereocenters. The van der Waals surface area contributed by atoms with Crippen LogP contribution < -0.4 is 10.2 Å². The van der Waals surface area contributed by atoms with Crippen LogP contribution in [0.15, 0.2) is 47.1 Å². The fraction of sp³-hybridized carbons (Fsp3) is 0.278. The van der Waals surface area contributed by atoms with Crippen LogP contribution in [0.1, 0.15) is 10.5 Å². The number of fused-ring (bicyclic) bond motifs is 1. The maximum Gasteiger partial charge on any atom is 0.272 e. The quantitative estimate of drug-likeness (QED) is 0.777. The molecule has 24 heavy (non-hydrogen) atoms. The van der Waals surface area contributed by atoms with Crippen LogP contribution in [0, 0.1) is 0 Å². The molecule has 0 bridgehead atoms. The molecule has 0 unspecified atom stereocenters. The smallest absolute Gasteiger partial charge is 0.272 e. The number of H-pyrrole nitrogens is 1. The number of rotatable bonds is 3. The first-order valence-electron chi connectivity index (χ1n) is 8.10. The number of likely N-dealkylation sites (N-methyl/N-ethyl adjacent to an activating group) is 1. The number of piperazine rings is 1. The Hall–Kier alpha value is -2.73. The monoisotopic (exact) mass is 324 g/mol. The summed E-state index contributed by atoms with van der Waals surface area (Å²) >= 11 is 0. The number of carbonyl (C=O) groups is 1. The first-order valence-corrected chi connectivity index (χ1v) is 8.10. The van der Waals surface area contributed by atoms with Gasteiger partial charge in [-0.1, -0.05) is 0 Å². The van der Waals surface area contributed by atoms with E-state index in [4.69, 9.17) is 4.42 Å². The minimum absolute atomic E-state index is 0.172. The maximum absolute atomic E-state index is 12.3. The van der Waals surface area contributed by atoms with Gasteiger partial charge in [0.15, 0.2) is 5.58 Å². The zero-order chi connectivity index (χ0) is 16.5. The third-order valence-electron chi connectivity index (χ3n) is 4.48. The Labute approximate surface area is 140 Å². The lowest BCUT2D eigenvalue weighted by Crippen LogP contribution is -2.44. The normalized spacial score (nSPS) is 15.8. The summed E-state index contributed by atoms with van der Waals surface area (Å²) in [6.45, 7) is 4.21. The molecule has 3 aromatic rings. The van der Waals surface area contributed by atoms with E-state index in [2.05, 4.69) is 39.3 Å². The summed E-state index contributed by atoms with van der Waals surface area (Å²) in [4.78, 5) is 20.0. The van der Waals surface area contributed by atoms with E-state index in [-0.39, 0.29) is 5.91 Å². The first kappa shape index (κ1) is 14.8. The highest BCUT2D eigenvalue weighted by molar-refractivity contribution is 6.05. The summed E-state index contributed by atoms with van der Waals surface area (Å²) in [7, 11) is 2.15. The Bertz CT molecular complexity index is 813. The number of nitrogens with one attached hydrogen (secondary N) is 2. The molecule has 0 radical (unpaired) electrons. The van der Waals surface area contributed by atoms with Crippen molar-refractivity contribution >= 4 is 28.4 Å². The maximum atomic E-state index is 12.3. The predicted molar refractivity (Wildman–Crippen MR) is 94.7 cm³/mol. The molecule has 1 fully saturated rings. The molecule has 1 amide bonds. The van der Waals surface area contributed by atoms with Crippen LogP contribution in [-0.2, 0) is 0 Å². The van der Waals surface area contributed by atoms with Gasteiger partial charge in [0.05, 0.1) is 11.8 Å². The number of aromatic amines is 1. The number of benzene rings is 1. The standard InChI is InChI=1S/C18H20N4O2/c1-21-7-9-22(10-8-21)14-4-2-13(3-5-14)19-18(23)16-12-17-15(20-16)6-11-24-17/h2-6,11-12,20H,7-10H2,1H3,(H,19,23). The molecule has 6 heteroatoms. The molecule has 124 valence electrons. The van der Waals surface area contributed by atoms with Crippen LogP contribution in [0.5, 0.6) is 0 Å². The summed E-state index contributed by atoms with van der Waals surface area (Å²) in [6.07, 6.45) is 1.60. The van der Waals surface area contributed by atoms with Gasteiger partial charge in [0.1, 0.15) is 5.69 Å². The van der Waals surface area contributed by atoms with Crippen molar-refractivity contribution in [3.05, 3.63) is 48.4 Å². The number of aromatic nitrogens is 1. The number of furan rings is 1. The largest absolute Gasteiger partial charge is 0.463 e. The predicted octanol–water partition coefficient (Wildman–Crippen LogP) is 2.77. The van der Waals surface area contributed by atoms with Crippen LogP contribution in [0.25, 0.3) is 11.1 Å². The molecule has 3 heterocycles. The highest BCUT2D eigenvalue weighted by Gasteiger charge is 2.15. The Balaban J connectivity index is 1.43. The molecule has 0 aliphatic carbocycles. The van der Waals surface area contributed by atoms with Gasteiger partial charge in [0.25, 0.3) is 5.91 Å². The van der Waals surface area contributed by atoms with Crippen LogP contribution >= 0.6 is 0 Å². The van der Waals surface area contributed by atoms with Crippen molar-refractivity contribution in [1.82, 2.24) is 9.88 Å². The van der Waals surface area contributed by atoms with Crippen molar-refractivity contribution < 1.29 is 9.21 Å². The van der Waals surface area contributed by atoms with Crippen molar-refractivity contribution in [3.63, 3.8) is 0 Å². The van der Waals surface area contributed by atoms with Crippen LogP contribution in [0.3, 0.4) is 0 Å². The second-order valence-electron chi connectivity index (χ2n) is 6.17. The van der Waals surface area contributed by atoms with Gasteiger partial charge in [-0.05, 0) is 31.3 Å². The molecule has 1 aromatic carbocycles. The van der Waals surface area contributed by atoms with E-state index in [1.165, 1.54) is 5.69 Å². The third-order valence-corrected chi connectivity index (χ3v) is 4.48. The molecule has 1 aliphatic rings. The van der Waals surface area contributed by atoms with E-state index in [0.29, 0.717) is 11.3 Å². The molecular formula is C18H20N4O2. The van der Waals surface area contributed by atoms with E-state index < -0.39 is 0 Å². The Morgan fingerprint density at radius 2 is 1.88 bits per heavy atom. The average molecular weight is 324 g/mol. The summed E-state index contributed by atoms with van der Waals surface area (Å²) in [5, 5.41) is 2.91. The SMILES string of the molecule is CN1CCN(c2ccc(NC(=O)c3cc4occc4[nH]3)cc2)CC1. The van der Waals surface area contributed by atoms with E-state index >= 15 is 0 Å². The molecule has 2 N–H and O–H groups in total. The van der Waals surface area contributed by atoms with E-state index in [0.717, 1.165) is 37.4 Å². The molecule has 1 saturated heterocycles. The molecule has 0 saturated carbocycles. The first-order chi connectivity index (χ1) is 11.7. The zero-order valence-corrected chi connectivity index (χ0v) is 13.6. The summed E-state index contributed by atoms with van der Waals surface area (Å²) < 4.78 is 5.27. The second-order valence-corrected chi connectivity index (χ2v) is 6.17. The zero-order valence-electron chi connectivity index (χ0n) is 13.6. The summed E-state index contributed by atoms with van der Waals surface area (Å²) in [6, 6.07) is 11.5. The van der Waals surface area contributed by atoms with Gasteiger partial charge in [-0.2, -0.15) is 0 Å². The summed E-state index contributed by atoms with van der Waals surface area (Å²) in [5.74, 6) is -0.172. The van der Waals surface area contributed by atoms with Gasteiger partial charge in [-0.3, -0.25) is 4.79 Å². The van der Waals surface area contributed by atoms with Crippen molar-refractivity contribution in [2.45, 2.75) is 0 Å². The molecule has 6 nitrogen and oxygen atoms in total. The van der Waals surface area contributed by atoms with E-state index in [9.17, 15) is 4.79 Å². The fourth-order valence-corrected chi connectivity index (χ4v) is 2.99. The van der Waals surface area contributed by atoms with Gasteiger partial charge in [0.2, 0.25) is 0 Å². The lowest BCUT2D eigenvalue weighted by atomic mass is 10.2. The van der Waals surface area contributed by atoms with Gasteiger partial charge in [-0.15, -0.1) is 0 Å². The highest BCUT2D eigenvalue weighted by atomic mass is 16.3. The lowest BCUT2D eigenvalue weighted by Gasteiger charge is -2.34. The Kier molecular flexibility index (Phi) is 3.74. The van der Waals surface area contributed by atoms with Crippen LogP contribution in [0.2, 0.25) is 0 Å². The fourth-order valence-electron chi connectivity index (χ4n) is 2.99. The van der Waals surface area contributed by atoms with Crippen molar-refractivity contribution in [1.29, 1.82) is 0 Å². The van der Waals surface area contributed by atoms with Crippen molar-refractivity contribution in [2.24, 2.45) is 0 Å². The average Bonchev–Trinajstić information content (AvgIpc) is 3.18. The van der Waals surface area contributed by atoms with Crippen LogP contribution in [0.4, 0.5) is 11.4 Å². The molecule has 0 spiro atoms. The minimum Gasteiger partial charge on any atom is -0.463 e. The molecule has 1 aliphatic heterocycles. The molecular weight excluding hydrogens is 304 g/mol. The van der Waals surface area contributed by atoms with Gasteiger partial charge in [0, 0.05) is 49.7 Å². The molecule has 4 rings (SSSR count). The highest BCUT2D eigenvalue weighted by Crippen LogP contribution is 2.21. The van der Waals surface area contributed by atoms with Crippen molar-refractivity contribution in [3.8, 4) is 0 Å². The number of amides is 1. The number of hydrogen-bond donors (Lipinski definition) is 2. The minimum atomic E-state index is -0.172. The van der Waals surface area contributed by atoms with E-state index in [1.54, 1.807) is 18.4 Å². The molecule has 2 aromatic heterocycles. The van der Waals surface area contributed by atoms with Crippen LogP contribution in [-0.4, -0.2) is 49.0 Å². The number of carbonyl (C=O) groups excluding carboxylic acids is 1. The van der Waals surface area contributed by atoms with Gasteiger partial charge < -0.3 is 24.5 Å². The summed E-state index contributed by atoms with van der Waals surface area (Å²) in [5.41, 5.74) is 3.98. The lowest BCUT2D eigenvalue weighted by molar-refractivity contribution is 0.102. The van der Waals surface area contributed by atoms with E-state index in [1.807, 2.05) is 12.1 Å². The van der Waals surface area contributed by atoms with Crippen molar-refractivity contribution in [2.75, 3.05) is 43.4 Å². The second kappa shape index (κ2) is 6.05. The Morgan fingerprint density at radius 3 is 2.58 bits per heavy atom. The topological polar surface area (TPSA) is 64.5 Å². The Morgan fingerprint density at radius 1 is 1.12 bits per heavy atom.